The van der Waals surface area contributed by atoms with Crippen LogP contribution >= 0.6 is 0 Å². The van der Waals surface area contributed by atoms with Crippen molar-refractivity contribution in [3.63, 3.8) is 0 Å². The number of pyridine rings is 1. The van der Waals surface area contributed by atoms with Gasteiger partial charge in [0, 0.05) is 23.1 Å². The van der Waals surface area contributed by atoms with Gasteiger partial charge in [-0.05, 0) is 30.3 Å². The first-order valence-corrected chi connectivity index (χ1v) is 10.7. The molecule has 1 unspecified atom stereocenters. The number of aromatic nitrogens is 2. The Balaban J connectivity index is 1.75. The van der Waals surface area contributed by atoms with E-state index in [1.54, 1.807) is 6.07 Å². The third kappa shape index (κ3) is 4.72. The average Bonchev–Trinajstić information content (AvgIpc) is 3.30. The fraction of sp³-hybridized carbons (Fsp3) is 0.208. The summed E-state index contributed by atoms with van der Waals surface area (Å²) in [5.41, 5.74) is 10.6. The summed E-state index contributed by atoms with van der Waals surface area (Å²) in [6.45, 7) is -0.293. The van der Waals surface area contributed by atoms with E-state index in [1.165, 1.54) is 43.5 Å². The van der Waals surface area contributed by atoms with Crippen LogP contribution in [0.4, 0.5) is 17.6 Å². The minimum absolute atomic E-state index is 0.0237. The second-order valence-corrected chi connectivity index (χ2v) is 7.68. The molecule has 0 bridgehead atoms. The van der Waals surface area contributed by atoms with Crippen molar-refractivity contribution in [2.24, 2.45) is 11.5 Å². The molecule has 0 aliphatic rings. The number of ether oxygens (including phenoxy) is 1. The monoisotopic (exact) mass is 503 g/mol. The van der Waals surface area contributed by atoms with Crippen molar-refractivity contribution in [2.45, 2.75) is 18.8 Å². The third-order valence-corrected chi connectivity index (χ3v) is 5.48. The van der Waals surface area contributed by atoms with Gasteiger partial charge in [-0.25, -0.2) is 14.4 Å². The molecule has 188 valence electrons. The van der Waals surface area contributed by atoms with E-state index < -0.39 is 29.6 Å². The van der Waals surface area contributed by atoms with E-state index in [0.29, 0.717) is 0 Å². The molecule has 0 spiro atoms. The van der Waals surface area contributed by atoms with Crippen LogP contribution in [-0.4, -0.2) is 29.5 Å². The van der Waals surface area contributed by atoms with Gasteiger partial charge in [-0.1, -0.05) is 18.2 Å². The second kappa shape index (κ2) is 9.91. The number of benzene rings is 2. The molecule has 0 saturated heterocycles. The summed E-state index contributed by atoms with van der Waals surface area (Å²) in [6.07, 6.45) is -4.66. The molecule has 0 aliphatic heterocycles. The molecule has 36 heavy (non-hydrogen) atoms. The number of carbonyl (C=O) groups excluding carboxylic acids is 1. The van der Waals surface area contributed by atoms with Crippen molar-refractivity contribution in [3.8, 4) is 17.2 Å². The van der Waals surface area contributed by atoms with Crippen LogP contribution in [-0.2, 0) is 12.7 Å². The van der Waals surface area contributed by atoms with Crippen LogP contribution in [0.1, 0.15) is 33.5 Å². The number of methoxy groups -OCH3 is 1. The number of rotatable bonds is 7. The standard InChI is InChI=1S/C24H21F4N5O3/c1-35-17-8-6-13(12-7-9-19(24(26,27)28)32-20(12)17)23-33-21(18(11-30)36-23)22(34)31-16(10-29)14-4-2-3-5-15(14)25/h2-9,16H,10-11,29-30H2,1H3,(H,31,34). The highest BCUT2D eigenvalue weighted by Crippen LogP contribution is 2.37. The van der Waals surface area contributed by atoms with Crippen LogP contribution in [0.5, 0.6) is 5.75 Å². The third-order valence-electron chi connectivity index (χ3n) is 5.48. The molecule has 4 aromatic rings. The minimum atomic E-state index is -4.66. The Labute approximate surface area is 202 Å². The summed E-state index contributed by atoms with van der Waals surface area (Å²) in [5.74, 6) is -1.18. The molecule has 4 rings (SSSR count). The normalized spacial score (nSPS) is 12.5. The molecule has 12 heteroatoms. The lowest BCUT2D eigenvalue weighted by atomic mass is 10.1. The van der Waals surface area contributed by atoms with E-state index in [1.807, 2.05) is 0 Å². The molecule has 0 fully saturated rings. The number of amides is 1. The molecule has 2 aromatic carbocycles. The smallest absolute Gasteiger partial charge is 0.433 e. The van der Waals surface area contributed by atoms with Crippen LogP contribution in [0, 0.1) is 5.82 Å². The van der Waals surface area contributed by atoms with Crippen molar-refractivity contribution in [1.29, 1.82) is 0 Å². The number of nitrogens with one attached hydrogen (secondary N) is 1. The Bertz CT molecular complexity index is 1420. The van der Waals surface area contributed by atoms with E-state index in [-0.39, 0.29) is 58.2 Å². The lowest BCUT2D eigenvalue weighted by Gasteiger charge is -2.17. The number of fused-ring (bicyclic) bond motifs is 1. The first kappa shape index (κ1) is 25.1. The lowest BCUT2D eigenvalue weighted by molar-refractivity contribution is -0.140. The van der Waals surface area contributed by atoms with Gasteiger partial charge in [-0.2, -0.15) is 13.2 Å². The molecular weight excluding hydrogens is 482 g/mol. The molecule has 1 amide bonds. The molecule has 0 aliphatic carbocycles. The molecule has 5 N–H and O–H groups in total. The number of nitrogens with zero attached hydrogens (tertiary/aromatic N) is 2. The summed E-state index contributed by atoms with van der Waals surface area (Å²) < 4.78 is 64.8. The maximum absolute atomic E-state index is 14.2. The van der Waals surface area contributed by atoms with Gasteiger partial charge in [0.05, 0.1) is 19.7 Å². The summed E-state index contributed by atoms with van der Waals surface area (Å²) in [6, 6.07) is 10.00. The Morgan fingerprint density at radius 1 is 1.11 bits per heavy atom. The lowest BCUT2D eigenvalue weighted by Crippen LogP contribution is -2.34. The van der Waals surface area contributed by atoms with Crippen molar-refractivity contribution in [2.75, 3.05) is 13.7 Å². The predicted molar refractivity (Wildman–Crippen MR) is 122 cm³/mol. The largest absolute Gasteiger partial charge is 0.494 e. The molecular formula is C24H21F4N5O3. The molecule has 2 aromatic heterocycles. The number of alkyl halides is 3. The Morgan fingerprint density at radius 2 is 1.86 bits per heavy atom. The van der Waals surface area contributed by atoms with Crippen LogP contribution in [0.2, 0.25) is 0 Å². The summed E-state index contributed by atoms with van der Waals surface area (Å²) >= 11 is 0. The predicted octanol–water partition coefficient (Wildman–Crippen LogP) is 3.94. The first-order chi connectivity index (χ1) is 17.2. The fourth-order valence-corrected chi connectivity index (χ4v) is 3.73. The van der Waals surface area contributed by atoms with Gasteiger partial charge in [0.25, 0.3) is 5.91 Å². The second-order valence-electron chi connectivity index (χ2n) is 7.68. The quantitative estimate of drug-likeness (QED) is 0.326. The number of hydrogen-bond donors (Lipinski definition) is 3. The number of halogens is 4. The van der Waals surface area contributed by atoms with Gasteiger partial charge in [-0.3, -0.25) is 4.79 Å². The van der Waals surface area contributed by atoms with Gasteiger partial charge in [0.15, 0.2) is 11.5 Å². The van der Waals surface area contributed by atoms with E-state index in [2.05, 4.69) is 15.3 Å². The fourth-order valence-electron chi connectivity index (χ4n) is 3.73. The zero-order valence-corrected chi connectivity index (χ0v) is 18.9. The number of carbonyl (C=O) groups is 1. The number of nitrogens with two attached hydrogens (primary N) is 2. The van der Waals surface area contributed by atoms with E-state index in [0.717, 1.165) is 6.07 Å². The van der Waals surface area contributed by atoms with Gasteiger partial charge >= 0.3 is 6.18 Å². The summed E-state index contributed by atoms with van der Waals surface area (Å²) in [7, 11) is 1.31. The number of oxazole rings is 1. The highest BCUT2D eigenvalue weighted by molar-refractivity contribution is 5.98. The molecule has 8 nitrogen and oxygen atoms in total. The van der Waals surface area contributed by atoms with Gasteiger partial charge in [0.2, 0.25) is 5.89 Å². The SMILES string of the molecule is COc1ccc(-c2nc(C(=O)NC(CN)c3ccccc3F)c(CN)o2)c2ccc(C(F)(F)F)nc12. The molecule has 2 heterocycles. The van der Waals surface area contributed by atoms with Crippen LogP contribution < -0.4 is 21.5 Å². The van der Waals surface area contributed by atoms with E-state index in [9.17, 15) is 22.4 Å². The van der Waals surface area contributed by atoms with Crippen molar-refractivity contribution in [1.82, 2.24) is 15.3 Å². The topological polar surface area (TPSA) is 129 Å². The zero-order valence-electron chi connectivity index (χ0n) is 18.9. The number of hydrogen-bond acceptors (Lipinski definition) is 7. The Morgan fingerprint density at radius 3 is 2.50 bits per heavy atom. The first-order valence-electron chi connectivity index (χ1n) is 10.7. The summed E-state index contributed by atoms with van der Waals surface area (Å²) in [5, 5.41) is 2.87. The molecule has 0 radical (unpaired) electrons. The zero-order chi connectivity index (χ0) is 26.0. The van der Waals surface area contributed by atoms with Gasteiger partial charge in [-0.15, -0.1) is 0 Å². The highest BCUT2D eigenvalue weighted by atomic mass is 19.4. The summed E-state index contributed by atoms with van der Waals surface area (Å²) in [4.78, 5) is 21.0. The van der Waals surface area contributed by atoms with E-state index in [4.69, 9.17) is 20.6 Å². The van der Waals surface area contributed by atoms with E-state index >= 15 is 0 Å². The Kier molecular flexibility index (Phi) is 6.91. The molecule has 1 atom stereocenters. The molecule has 0 saturated carbocycles. The average molecular weight is 503 g/mol. The van der Waals surface area contributed by atoms with Crippen LogP contribution in [0.25, 0.3) is 22.4 Å². The van der Waals surface area contributed by atoms with Crippen molar-refractivity contribution < 1.29 is 31.5 Å². The van der Waals surface area contributed by atoms with Crippen LogP contribution in [0.3, 0.4) is 0 Å². The van der Waals surface area contributed by atoms with Crippen molar-refractivity contribution in [3.05, 3.63) is 77.1 Å². The van der Waals surface area contributed by atoms with Crippen molar-refractivity contribution >= 4 is 16.8 Å². The minimum Gasteiger partial charge on any atom is -0.494 e. The maximum Gasteiger partial charge on any atom is 0.433 e. The Hall–Kier alpha value is -4.03. The highest BCUT2D eigenvalue weighted by Gasteiger charge is 2.33. The maximum atomic E-state index is 14.2. The van der Waals surface area contributed by atoms with Gasteiger partial charge in [0.1, 0.15) is 22.8 Å². The van der Waals surface area contributed by atoms with Gasteiger partial charge < -0.3 is 25.9 Å². The van der Waals surface area contributed by atoms with Crippen LogP contribution in [0.15, 0.2) is 52.9 Å².